The van der Waals surface area contributed by atoms with Crippen LogP contribution in [0.15, 0.2) is 36.4 Å². The van der Waals surface area contributed by atoms with Gasteiger partial charge in [0.1, 0.15) is 11.3 Å². The molecule has 0 fully saturated rings. The number of benzene rings is 2. The van der Waals surface area contributed by atoms with E-state index < -0.39 is 0 Å². The number of fused-ring (bicyclic) bond motifs is 1. The normalized spacial score (nSPS) is 9.87. The summed E-state index contributed by atoms with van der Waals surface area (Å²) in [6.07, 6.45) is 0. The summed E-state index contributed by atoms with van der Waals surface area (Å²) in [6.45, 7) is 6.92. The van der Waals surface area contributed by atoms with Crippen molar-refractivity contribution in [1.29, 1.82) is 0 Å². The van der Waals surface area contributed by atoms with Crippen molar-refractivity contribution in [1.82, 2.24) is 0 Å². The molecule has 2 aromatic carbocycles. The van der Waals surface area contributed by atoms with Crippen molar-refractivity contribution in [3.05, 3.63) is 47.8 Å². The van der Waals surface area contributed by atoms with Gasteiger partial charge in [-0.1, -0.05) is 18.2 Å². The minimum absolute atomic E-state index is 0.485. The van der Waals surface area contributed by atoms with Crippen LogP contribution in [0.2, 0.25) is 0 Å². The molecule has 2 aromatic rings. The fraction of sp³-hybridized carbons (Fsp3) is 0.0833. The van der Waals surface area contributed by atoms with E-state index in [2.05, 4.69) is 20.8 Å². The number of nitrogens with zero attached hydrogens (tertiary/aromatic N) is 1. The van der Waals surface area contributed by atoms with Crippen LogP contribution in [0.3, 0.4) is 0 Å². The van der Waals surface area contributed by atoms with Crippen LogP contribution in [-0.4, -0.2) is 5.52 Å². The molecule has 0 unspecified atom stereocenters. The first kappa shape index (κ1) is 10.0. The topological polar surface area (TPSA) is 13.6 Å². The predicted molar refractivity (Wildman–Crippen MR) is 64.6 cm³/mol. The average molecular weight is 262 g/mol. The molecule has 15 heavy (non-hydrogen) atoms. The Morgan fingerprint density at radius 2 is 1.87 bits per heavy atom. The van der Waals surface area contributed by atoms with Gasteiger partial charge in [0.15, 0.2) is 5.69 Å². The molecule has 2 rings (SSSR count). The van der Waals surface area contributed by atoms with Gasteiger partial charge < -0.3 is 4.74 Å². The maximum Gasteiger partial charge on any atom is 0.187 e. The second-order valence-electron chi connectivity index (χ2n) is 3.06. The van der Waals surface area contributed by atoms with Crippen LogP contribution in [0.4, 0.5) is 5.69 Å². The zero-order chi connectivity index (χ0) is 10.7. The van der Waals surface area contributed by atoms with Crippen molar-refractivity contribution in [2.24, 2.45) is 0 Å². The van der Waals surface area contributed by atoms with Crippen LogP contribution >= 0.6 is 15.9 Å². The van der Waals surface area contributed by atoms with Crippen LogP contribution in [0, 0.1) is 6.57 Å². The molecule has 0 aliphatic heterocycles. The fourth-order valence-electron chi connectivity index (χ4n) is 1.43. The number of hydrogen-bond acceptors (Lipinski definition) is 1. The SMILES string of the molecule is [C-]#[N+]c1ccc2cc(OCBr)ccc2c1. The highest BCUT2D eigenvalue weighted by Crippen LogP contribution is 2.25. The zero-order valence-corrected chi connectivity index (χ0v) is 9.49. The van der Waals surface area contributed by atoms with Gasteiger partial charge in [0.05, 0.1) is 6.57 Å². The molecule has 0 saturated heterocycles. The summed E-state index contributed by atoms with van der Waals surface area (Å²) in [5.41, 5.74) is 1.15. The highest BCUT2D eigenvalue weighted by atomic mass is 79.9. The first-order valence-corrected chi connectivity index (χ1v) is 5.55. The number of alkyl halides is 1. The van der Waals surface area contributed by atoms with Gasteiger partial charge in [-0.3, -0.25) is 0 Å². The summed E-state index contributed by atoms with van der Waals surface area (Å²) >= 11 is 3.21. The van der Waals surface area contributed by atoms with E-state index in [9.17, 15) is 0 Å². The van der Waals surface area contributed by atoms with Crippen LogP contribution in [0.25, 0.3) is 15.6 Å². The number of ether oxygens (including phenoxy) is 1. The van der Waals surface area contributed by atoms with Gasteiger partial charge in [0, 0.05) is 0 Å². The summed E-state index contributed by atoms with van der Waals surface area (Å²) in [6, 6.07) is 11.4. The van der Waals surface area contributed by atoms with Crippen LogP contribution in [0.5, 0.6) is 5.75 Å². The Labute approximate surface area is 96.4 Å². The van der Waals surface area contributed by atoms with Crippen molar-refractivity contribution >= 4 is 32.4 Å². The lowest BCUT2D eigenvalue weighted by atomic mass is 10.1. The predicted octanol–water partition coefficient (Wildman–Crippen LogP) is 4.12. The largest absolute Gasteiger partial charge is 0.482 e. The third-order valence-electron chi connectivity index (χ3n) is 2.15. The molecule has 0 aromatic heterocycles. The Morgan fingerprint density at radius 3 is 2.60 bits per heavy atom. The minimum Gasteiger partial charge on any atom is -0.482 e. The van der Waals surface area contributed by atoms with Crippen molar-refractivity contribution in [2.75, 3.05) is 5.52 Å². The first-order valence-electron chi connectivity index (χ1n) is 4.43. The van der Waals surface area contributed by atoms with Gasteiger partial charge in [-0.15, -0.1) is 0 Å². The summed E-state index contributed by atoms with van der Waals surface area (Å²) in [5.74, 6) is 0.829. The van der Waals surface area contributed by atoms with Crippen molar-refractivity contribution in [3.63, 3.8) is 0 Å². The Hall–Kier alpha value is -1.53. The van der Waals surface area contributed by atoms with E-state index in [1.165, 1.54) is 0 Å². The van der Waals surface area contributed by atoms with Gasteiger partial charge in [0.25, 0.3) is 0 Å². The summed E-state index contributed by atoms with van der Waals surface area (Å²) < 4.78 is 5.33. The molecule has 74 valence electrons. The van der Waals surface area contributed by atoms with Gasteiger partial charge >= 0.3 is 0 Å². The van der Waals surface area contributed by atoms with E-state index in [1.807, 2.05) is 36.4 Å². The molecule has 0 bridgehead atoms. The lowest BCUT2D eigenvalue weighted by Crippen LogP contribution is -1.87. The first-order chi connectivity index (χ1) is 7.33. The number of halogens is 1. The maximum absolute atomic E-state index is 6.92. The molecule has 0 spiro atoms. The fourth-order valence-corrected chi connectivity index (χ4v) is 1.70. The minimum atomic E-state index is 0.485. The average Bonchev–Trinajstić information content (AvgIpc) is 2.29. The van der Waals surface area contributed by atoms with Crippen molar-refractivity contribution in [2.45, 2.75) is 0 Å². The third kappa shape index (κ3) is 2.11. The summed E-state index contributed by atoms with van der Waals surface area (Å²) in [5, 5.41) is 2.14. The van der Waals surface area contributed by atoms with Gasteiger partial charge in [-0.2, -0.15) is 0 Å². The van der Waals surface area contributed by atoms with Crippen molar-refractivity contribution in [3.8, 4) is 5.75 Å². The molecule has 0 amide bonds. The molecule has 0 aliphatic rings. The summed E-state index contributed by atoms with van der Waals surface area (Å²) in [4.78, 5) is 3.39. The second-order valence-corrected chi connectivity index (χ2v) is 3.52. The monoisotopic (exact) mass is 261 g/mol. The molecule has 2 nitrogen and oxygen atoms in total. The highest BCUT2D eigenvalue weighted by Gasteiger charge is 1.98. The molecule has 0 heterocycles. The Bertz CT molecular complexity index is 531. The van der Waals surface area contributed by atoms with E-state index >= 15 is 0 Å². The molecular weight excluding hydrogens is 254 g/mol. The molecule has 0 aliphatic carbocycles. The van der Waals surface area contributed by atoms with E-state index in [0.29, 0.717) is 11.2 Å². The molecule has 0 saturated carbocycles. The van der Waals surface area contributed by atoms with E-state index in [1.54, 1.807) is 0 Å². The van der Waals surface area contributed by atoms with Gasteiger partial charge in [0.2, 0.25) is 0 Å². The van der Waals surface area contributed by atoms with Crippen LogP contribution in [0.1, 0.15) is 0 Å². The molecular formula is C12H8BrNO. The second kappa shape index (κ2) is 4.33. The lowest BCUT2D eigenvalue weighted by molar-refractivity contribution is 0.398. The molecule has 0 radical (unpaired) electrons. The van der Waals surface area contributed by atoms with E-state index in [4.69, 9.17) is 11.3 Å². The summed E-state index contributed by atoms with van der Waals surface area (Å²) in [7, 11) is 0. The van der Waals surface area contributed by atoms with Gasteiger partial charge in [-0.05, 0) is 44.9 Å². The Kier molecular flexibility index (Phi) is 2.89. The quantitative estimate of drug-likeness (QED) is 0.586. The Balaban J connectivity index is 2.51. The molecule has 0 N–H and O–H groups in total. The molecule has 0 atom stereocenters. The van der Waals surface area contributed by atoms with E-state index in [-0.39, 0.29) is 0 Å². The molecule has 3 heteroatoms. The number of rotatable bonds is 2. The smallest absolute Gasteiger partial charge is 0.187 e. The third-order valence-corrected chi connectivity index (χ3v) is 2.37. The highest BCUT2D eigenvalue weighted by molar-refractivity contribution is 9.09. The van der Waals surface area contributed by atoms with Crippen LogP contribution in [-0.2, 0) is 0 Å². The zero-order valence-electron chi connectivity index (χ0n) is 7.90. The standard InChI is InChI=1S/C12H8BrNO/c1-14-11-4-2-10-7-12(15-8-13)5-3-9(10)6-11/h2-7H,8H2. The maximum atomic E-state index is 6.92. The van der Waals surface area contributed by atoms with E-state index in [0.717, 1.165) is 16.5 Å². The van der Waals surface area contributed by atoms with Crippen LogP contribution < -0.4 is 4.74 Å². The van der Waals surface area contributed by atoms with Crippen molar-refractivity contribution < 1.29 is 4.74 Å². The van der Waals surface area contributed by atoms with Gasteiger partial charge in [-0.25, -0.2) is 4.85 Å². The Morgan fingerprint density at radius 1 is 1.13 bits per heavy atom. The number of hydrogen-bond donors (Lipinski definition) is 0. The lowest BCUT2D eigenvalue weighted by Gasteiger charge is -2.04.